The summed E-state index contributed by atoms with van der Waals surface area (Å²) in [6, 6.07) is 11.6. The molecule has 196 valence electrons. The summed E-state index contributed by atoms with van der Waals surface area (Å²) in [4.78, 5) is 27.7. The number of rotatable bonds is 6. The van der Waals surface area contributed by atoms with Crippen LogP contribution in [0.2, 0.25) is 0 Å². The van der Waals surface area contributed by atoms with Gasteiger partial charge in [-0.05, 0) is 55.7 Å². The molecule has 3 heterocycles. The lowest BCUT2D eigenvalue weighted by Crippen LogP contribution is -2.30. The molecular weight excluding hydrogens is 520 g/mol. The predicted molar refractivity (Wildman–Crippen MR) is 138 cm³/mol. The molecule has 1 saturated heterocycles. The standard InChI is InChI=1S/C26H22F4N6OS/c27-23-18(5-4-6-19(23)26(28,29)30)20-14-38-25(34-20)35-24(37)16-7-9-17(10-8-16)33-21-13-22(32-15-31-21)36-11-2-1-3-12-36/h4-10,13-15H,1-3,11-12H2,(H,31,32,33)(H,34,35,37). The molecule has 0 atom stereocenters. The number of thiazole rings is 1. The van der Waals surface area contributed by atoms with Crippen LogP contribution in [-0.4, -0.2) is 33.9 Å². The van der Waals surface area contributed by atoms with Gasteiger partial charge in [-0.15, -0.1) is 11.3 Å². The van der Waals surface area contributed by atoms with Gasteiger partial charge < -0.3 is 10.2 Å². The van der Waals surface area contributed by atoms with E-state index in [4.69, 9.17) is 0 Å². The topological polar surface area (TPSA) is 83.0 Å². The molecule has 0 unspecified atom stereocenters. The van der Waals surface area contributed by atoms with Crippen LogP contribution in [0.1, 0.15) is 35.2 Å². The van der Waals surface area contributed by atoms with Gasteiger partial charge in [0.05, 0.1) is 11.3 Å². The van der Waals surface area contributed by atoms with Gasteiger partial charge in [-0.3, -0.25) is 10.1 Å². The van der Waals surface area contributed by atoms with Crippen LogP contribution in [0, 0.1) is 5.82 Å². The van der Waals surface area contributed by atoms with Crippen LogP contribution < -0.4 is 15.5 Å². The first-order valence-electron chi connectivity index (χ1n) is 11.8. The molecule has 2 N–H and O–H groups in total. The molecule has 0 radical (unpaired) electrons. The molecule has 1 aliphatic rings. The number of hydrogen-bond acceptors (Lipinski definition) is 7. The third kappa shape index (κ3) is 5.75. The molecule has 38 heavy (non-hydrogen) atoms. The number of anilines is 4. The zero-order valence-electron chi connectivity index (χ0n) is 19.9. The Morgan fingerprint density at radius 1 is 1.00 bits per heavy atom. The molecule has 0 bridgehead atoms. The number of carbonyl (C=O) groups excluding carboxylic acids is 1. The van der Waals surface area contributed by atoms with Crippen molar-refractivity contribution >= 4 is 39.7 Å². The fourth-order valence-electron chi connectivity index (χ4n) is 4.14. The molecule has 7 nitrogen and oxygen atoms in total. The van der Waals surface area contributed by atoms with Crippen LogP contribution in [0.4, 0.5) is 40.0 Å². The fourth-order valence-corrected chi connectivity index (χ4v) is 4.84. The number of carbonyl (C=O) groups is 1. The average Bonchev–Trinajstić information content (AvgIpc) is 3.37. The highest BCUT2D eigenvalue weighted by atomic mass is 32.1. The second-order valence-electron chi connectivity index (χ2n) is 8.67. The predicted octanol–water partition coefficient (Wildman–Crippen LogP) is 6.74. The summed E-state index contributed by atoms with van der Waals surface area (Å²) in [5.74, 6) is -0.365. The Labute approximate surface area is 219 Å². The Balaban J connectivity index is 1.24. The van der Waals surface area contributed by atoms with E-state index in [2.05, 4.69) is 30.5 Å². The molecule has 1 fully saturated rings. The van der Waals surface area contributed by atoms with Gasteiger partial charge in [-0.25, -0.2) is 19.3 Å². The number of aromatic nitrogens is 3. The summed E-state index contributed by atoms with van der Waals surface area (Å²) in [6.45, 7) is 1.94. The molecule has 12 heteroatoms. The largest absolute Gasteiger partial charge is 0.419 e. The summed E-state index contributed by atoms with van der Waals surface area (Å²) < 4.78 is 53.5. The monoisotopic (exact) mass is 542 g/mol. The van der Waals surface area contributed by atoms with Crippen molar-refractivity contribution in [2.75, 3.05) is 28.6 Å². The summed E-state index contributed by atoms with van der Waals surface area (Å²) in [7, 11) is 0. The van der Waals surface area contributed by atoms with E-state index in [1.165, 1.54) is 24.2 Å². The third-order valence-electron chi connectivity index (χ3n) is 6.06. The van der Waals surface area contributed by atoms with Crippen LogP contribution in [0.5, 0.6) is 0 Å². The molecule has 5 rings (SSSR count). The number of piperidine rings is 1. The van der Waals surface area contributed by atoms with Crippen molar-refractivity contribution in [3.05, 3.63) is 77.2 Å². The summed E-state index contributed by atoms with van der Waals surface area (Å²) in [6.07, 6.45) is 0.199. The smallest absolute Gasteiger partial charge is 0.356 e. The second-order valence-corrected chi connectivity index (χ2v) is 9.53. The Kier molecular flexibility index (Phi) is 7.23. The highest BCUT2D eigenvalue weighted by Gasteiger charge is 2.35. The van der Waals surface area contributed by atoms with Crippen LogP contribution in [0.3, 0.4) is 0 Å². The van der Waals surface area contributed by atoms with Gasteiger partial charge >= 0.3 is 6.18 Å². The average molecular weight is 543 g/mol. The SMILES string of the molecule is O=C(Nc1nc(-c2cccc(C(F)(F)F)c2F)cs1)c1ccc(Nc2cc(N3CCCCC3)ncn2)cc1. The summed E-state index contributed by atoms with van der Waals surface area (Å²) >= 11 is 0.986. The van der Waals surface area contributed by atoms with E-state index < -0.39 is 23.5 Å². The zero-order valence-corrected chi connectivity index (χ0v) is 20.7. The van der Waals surface area contributed by atoms with E-state index in [1.807, 2.05) is 6.07 Å². The first-order valence-corrected chi connectivity index (χ1v) is 12.7. The van der Waals surface area contributed by atoms with Crippen molar-refractivity contribution in [3.8, 4) is 11.3 Å². The van der Waals surface area contributed by atoms with E-state index in [-0.39, 0.29) is 16.4 Å². The maximum Gasteiger partial charge on any atom is 0.419 e. The first kappa shape index (κ1) is 25.6. The maximum atomic E-state index is 14.4. The van der Waals surface area contributed by atoms with Crippen LogP contribution in [0.15, 0.2) is 60.2 Å². The highest BCUT2D eigenvalue weighted by molar-refractivity contribution is 7.14. The minimum absolute atomic E-state index is 0.00206. The van der Waals surface area contributed by atoms with Gasteiger partial charge in [-0.2, -0.15) is 13.2 Å². The van der Waals surface area contributed by atoms with Crippen molar-refractivity contribution in [3.63, 3.8) is 0 Å². The van der Waals surface area contributed by atoms with Gasteiger partial charge in [-0.1, -0.05) is 6.07 Å². The molecule has 0 spiro atoms. The molecule has 4 aromatic rings. The van der Waals surface area contributed by atoms with E-state index in [9.17, 15) is 22.4 Å². The third-order valence-corrected chi connectivity index (χ3v) is 6.81. The second kappa shape index (κ2) is 10.7. The minimum Gasteiger partial charge on any atom is -0.356 e. The highest BCUT2D eigenvalue weighted by Crippen LogP contribution is 2.36. The van der Waals surface area contributed by atoms with Gasteiger partial charge in [0.25, 0.3) is 5.91 Å². The molecule has 0 saturated carbocycles. The van der Waals surface area contributed by atoms with Gasteiger partial charge in [0.1, 0.15) is 23.8 Å². The molecule has 0 aliphatic carbocycles. The van der Waals surface area contributed by atoms with Crippen LogP contribution >= 0.6 is 11.3 Å². The number of hydrogen-bond donors (Lipinski definition) is 2. The van der Waals surface area contributed by atoms with Crippen LogP contribution in [-0.2, 0) is 6.18 Å². The van der Waals surface area contributed by atoms with Gasteiger partial charge in [0.2, 0.25) is 0 Å². The molecular formula is C26H22F4N6OS. The number of alkyl halides is 3. The van der Waals surface area contributed by atoms with Crippen molar-refractivity contribution in [1.82, 2.24) is 15.0 Å². The lowest BCUT2D eigenvalue weighted by atomic mass is 10.1. The van der Waals surface area contributed by atoms with Crippen molar-refractivity contribution in [2.24, 2.45) is 0 Å². The lowest BCUT2D eigenvalue weighted by molar-refractivity contribution is -0.139. The quantitative estimate of drug-likeness (QED) is 0.263. The summed E-state index contributed by atoms with van der Waals surface area (Å²) in [5.41, 5.74) is -0.593. The number of nitrogens with one attached hydrogen (secondary N) is 2. The molecule has 1 amide bonds. The van der Waals surface area contributed by atoms with Crippen molar-refractivity contribution in [2.45, 2.75) is 25.4 Å². The lowest BCUT2D eigenvalue weighted by Gasteiger charge is -2.27. The minimum atomic E-state index is -4.82. The Bertz CT molecular complexity index is 1430. The zero-order chi connectivity index (χ0) is 26.7. The van der Waals surface area contributed by atoms with Crippen molar-refractivity contribution < 1.29 is 22.4 Å². The van der Waals surface area contributed by atoms with E-state index >= 15 is 0 Å². The number of halogens is 4. The van der Waals surface area contributed by atoms with E-state index in [0.29, 0.717) is 17.4 Å². The Morgan fingerprint density at radius 2 is 1.76 bits per heavy atom. The normalized spacial score (nSPS) is 13.8. The molecule has 1 aliphatic heterocycles. The molecule has 2 aromatic heterocycles. The van der Waals surface area contributed by atoms with Crippen LogP contribution in [0.25, 0.3) is 11.3 Å². The van der Waals surface area contributed by atoms with Gasteiger partial charge in [0, 0.05) is 41.4 Å². The van der Waals surface area contributed by atoms with Gasteiger partial charge in [0.15, 0.2) is 5.13 Å². The fraction of sp³-hybridized carbons (Fsp3) is 0.231. The Hall–Kier alpha value is -4.06. The van der Waals surface area contributed by atoms with E-state index in [1.54, 1.807) is 24.3 Å². The number of benzene rings is 2. The summed E-state index contributed by atoms with van der Waals surface area (Å²) in [5, 5.41) is 7.33. The first-order chi connectivity index (χ1) is 18.3. The molecule has 2 aromatic carbocycles. The Morgan fingerprint density at radius 3 is 2.50 bits per heavy atom. The van der Waals surface area contributed by atoms with E-state index in [0.717, 1.165) is 54.8 Å². The maximum absolute atomic E-state index is 14.4. The van der Waals surface area contributed by atoms with Crippen molar-refractivity contribution in [1.29, 1.82) is 0 Å². The number of amides is 1. The number of nitrogens with zero attached hydrogens (tertiary/aromatic N) is 4.